The van der Waals surface area contributed by atoms with Crippen LogP contribution in [0.25, 0.3) is 0 Å². The molecule has 0 unspecified atom stereocenters. The second-order valence-electron chi connectivity index (χ2n) is 5.03. The first-order chi connectivity index (χ1) is 11.6. The van der Waals surface area contributed by atoms with Crippen molar-refractivity contribution in [2.75, 3.05) is 0 Å². The van der Waals surface area contributed by atoms with Gasteiger partial charge in [-0.05, 0) is 42.5 Å². The maximum Gasteiger partial charge on any atom is 0.195 e. The summed E-state index contributed by atoms with van der Waals surface area (Å²) in [6.45, 7) is 0. The van der Waals surface area contributed by atoms with E-state index >= 15 is 0 Å². The third kappa shape index (κ3) is 4.04. The van der Waals surface area contributed by atoms with E-state index in [-0.39, 0.29) is 5.78 Å². The lowest BCUT2D eigenvalue weighted by Gasteiger charge is -2.05. The number of rotatable bonds is 4. The smallest absolute Gasteiger partial charge is 0.195 e. The largest absolute Gasteiger partial charge is 0.289 e. The van der Waals surface area contributed by atoms with E-state index in [9.17, 15) is 4.79 Å². The van der Waals surface area contributed by atoms with Crippen LogP contribution in [-0.4, -0.2) is 5.78 Å². The van der Waals surface area contributed by atoms with Gasteiger partial charge in [0.15, 0.2) is 5.78 Å². The van der Waals surface area contributed by atoms with E-state index in [1.54, 1.807) is 24.3 Å². The molecule has 3 aromatic rings. The number of halogens is 2. The summed E-state index contributed by atoms with van der Waals surface area (Å²) in [7, 11) is 0. The van der Waals surface area contributed by atoms with E-state index in [0.29, 0.717) is 16.8 Å². The highest BCUT2D eigenvalue weighted by Crippen LogP contribution is 2.28. The number of ketones is 1. The second kappa shape index (κ2) is 7.64. The van der Waals surface area contributed by atoms with Crippen LogP contribution in [0, 0.1) is 0 Å². The predicted molar refractivity (Wildman–Crippen MR) is 102 cm³/mol. The zero-order chi connectivity index (χ0) is 16.9. The summed E-state index contributed by atoms with van der Waals surface area (Å²) >= 11 is 6.80. The third-order valence-electron chi connectivity index (χ3n) is 3.34. The molecule has 0 N–H and O–H groups in total. The molecule has 3 aromatic carbocycles. The molecule has 0 fully saturated rings. The van der Waals surface area contributed by atoms with Crippen molar-refractivity contribution in [3.8, 4) is 0 Å². The molecule has 0 saturated heterocycles. The van der Waals surface area contributed by atoms with Crippen molar-refractivity contribution in [1.29, 1.82) is 0 Å². The van der Waals surface area contributed by atoms with Gasteiger partial charge in [-0.1, -0.05) is 62.2 Å². The van der Waals surface area contributed by atoms with Crippen LogP contribution in [0.1, 0.15) is 15.9 Å². The molecule has 0 atom stereocenters. The lowest BCUT2D eigenvalue weighted by Crippen LogP contribution is -2.01. The topological polar surface area (TPSA) is 41.8 Å². The van der Waals surface area contributed by atoms with Gasteiger partial charge in [0.1, 0.15) is 0 Å². The Morgan fingerprint density at radius 2 is 1.42 bits per heavy atom. The van der Waals surface area contributed by atoms with Gasteiger partial charge in [-0.25, -0.2) is 0 Å². The molecule has 0 spiro atoms. The minimum absolute atomic E-state index is 0.0818. The fourth-order valence-electron chi connectivity index (χ4n) is 2.14. The normalized spacial score (nSPS) is 10.9. The molecule has 0 bridgehead atoms. The Bertz CT molecular complexity index is 891. The molecule has 0 aliphatic carbocycles. The molecule has 0 aromatic heterocycles. The Balaban J connectivity index is 1.97. The van der Waals surface area contributed by atoms with Crippen molar-refractivity contribution in [2.45, 2.75) is 0 Å². The molecule has 118 valence electrons. The maximum atomic E-state index is 12.7. The third-order valence-corrected chi connectivity index (χ3v) is 4.36. The number of carbonyl (C=O) groups excluding carboxylic acids is 1. The number of carbonyl (C=O) groups is 1. The van der Waals surface area contributed by atoms with E-state index < -0.39 is 0 Å². The van der Waals surface area contributed by atoms with Crippen molar-refractivity contribution in [2.24, 2.45) is 10.2 Å². The zero-order valence-corrected chi connectivity index (χ0v) is 15.7. The monoisotopic (exact) mass is 442 g/mol. The lowest BCUT2D eigenvalue weighted by molar-refractivity contribution is 0.103. The molecule has 0 aliphatic rings. The summed E-state index contributed by atoms with van der Waals surface area (Å²) in [5.41, 5.74) is 2.39. The molecular formula is C19H12Br2N2O. The maximum absolute atomic E-state index is 12.7. The van der Waals surface area contributed by atoms with Crippen LogP contribution < -0.4 is 0 Å². The number of hydrogen-bond acceptors (Lipinski definition) is 3. The van der Waals surface area contributed by atoms with Crippen molar-refractivity contribution in [3.63, 3.8) is 0 Å². The van der Waals surface area contributed by atoms with Gasteiger partial charge >= 0.3 is 0 Å². The number of hydrogen-bond donors (Lipinski definition) is 0. The SMILES string of the molecule is O=C(c1ccccc1)c1cc(Br)ccc1N=Nc1ccc(Br)cc1. The fraction of sp³-hybridized carbons (Fsp3) is 0. The van der Waals surface area contributed by atoms with Gasteiger partial charge < -0.3 is 0 Å². The average molecular weight is 444 g/mol. The summed E-state index contributed by atoms with van der Waals surface area (Å²) in [6, 6.07) is 22.0. The van der Waals surface area contributed by atoms with Gasteiger partial charge in [-0.3, -0.25) is 4.79 Å². The summed E-state index contributed by atoms with van der Waals surface area (Å²) in [6.07, 6.45) is 0. The van der Waals surface area contributed by atoms with Gasteiger partial charge in [-0.2, -0.15) is 5.11 Å². The van der Waals surface area contributed by atoms with Crippen LogP contribution in [0.4, 0.5) is 11.4 Å². The Labute approximate surface area is 156 Å². The Hall–Kier alpha value is -2.11. The number of nitrogens with zero attached hydrogens (tertiary/aromatic N) is 2. The van der Waals surface area contributed by atoms with Crippen molar-refractivity contribution in [1.82, 2.24) is 0 Å². The van der Waals surface area contributed by atoms with Crippen LogP contribution in [0.15, 0.2) is 92.0 Å². The van der Waals surface area contributed by atoms with Crippen LogP contribution in [-0.2, 0) is 0 Å². The highest BCUT2D eigenvalue weighted by atomic mass is 79.9. The minimum atomic E-state index is -0.0818. The van der Waals surface area contributed by atoms with Crippen LogP contribution >= 0.6 is 31.9 Å². The molecule has 0 heterocycles. The van der Waals surface area contributed by atoms with Gasteiger partial charge in [-0.15, -0.1) is 5.11 Å². The molecule has 0 amide bonds. The standard InChI is InChI=1S/C19H12Br2N2O/c20-14-6-9-16(10-7-14)22-23-18-11-8-15(21)12-17(18)19(24)13-4-2-1-3-5-13/h1-12H. The highest BCUT2D eigenvalue weighted by Gasteiger charge is 2.14. The lowest BCUT2D eigenvalue weighted by atomic mass is 10.0. The van der Waals surface area contributed by atoms with E-state index in [4.69, 9.17) is 0 Å². The van der Waals surface area contributed by atoms with Crippen LogP contribution in [0.2, 0.25) is 0 Å². The second-order valence-corrected chi connectivity index (χ2v) is 6.86. The van der Waals surface area contributed by atoms with E-state index in [1.165, 1.54) is 0 Å². The van der Waals surface area contributed by atoms with E-state index in [1.807, 2.05) is 48.5 Å². The molecule has 0 saturated carbocycles. The molecule has 3 nitrogen and oxygen atoms in total. The van der Waals surface area contributed by atoms with Crippen molar-refractivity contribution < 1.29 is 4.79 Å². The highest BCUT2D eigenvalue weighted by molar-refractivity contribution is 9.10. The first kappa shape index (κ1) is 16.7. The predicted octanol–water partition coefficient (Wildman–Crippen LogP) is 6.86. The van der Waals surface area contributed by atoms with Gasteiger partial charge in [0, 0.05) is 14.5 Å². The molecule has 5 heteroatoms. The molecular weight excluding hydrogens is 432 g/mol. The molecule has 24 heavy (non-hydrogen) atoms. The van der Waals surface area contributed by atoms with Gasteiger partial charge in [0.25, 0.3) is 0 Å². The van der Waals surface area contributed by atoms with Crippen LogP contribution in [0.3, 0.4) is 0 Å². The molecule has 0 aliphatic heterocycles. The van der Waals surface area contributed by atoms with E-state index in [0.717, 1.165) is 14.6 Å². The van der Waals surface area contributed by atoms with Crippen LogP contribution in [0.5, 0.6) is 0 Å². The zero-order valence-electron chi connectivity index (χ0n) is 12.5. The average Bonchev–Trinajstić information content (AvgIpc) is 2.62. The fourth-order valence-corrected chi connectivity index (χ4v) is 2.77. The summed E-state index contributed by atoms with van der Waals surface area (Å²) in [5.74, 6) is -0.0818. The summed E-state index contributed by atoms with van der Waals surface area (Å²) in [4.78, 5) is 12.7. The summed E-state index contributed by atoms with van der Waals surface area (Å²) in [5, 5.41) is 8.48. The van der Waals surface area contributed by atoms with Crippen molar-refractivity contribution >= 4 is 49.0 Å². The minimum Gasteiger partial charge on any atom is -0.289 e. The Morgan fingerprint density at radius 1 is 0.750 bits per heavy atom. The molecule has 0 radical (unpaired) electrons. The first-order valence-electron chi connectivity index (χ1n) is 7.20. The van der Waals surface area contributed by atoms with Crippen molar-refractivity contribution in [3.05, 3.63) is 92.9 Å². The molecule has 3 rings (SSSR count). The Kier molecular flexibility index (Phi) is 5.33. The number of benzene rings is 3. The number of azo groups is 1. The quantitative estimate of drug-likeness (QED) is 0.320. The van der Waals surface area contributed by atoms with Gasteiger partial charge in [0.05, 0.1) is 16.9 Å². The van der Waals surface area contributed by atoms with E-state index in [2.05, 4.69) is 42.1 Å². The Morgan fingerprint density at radius 3 is 2.12 bits per heavy atom. The van der Waals surface area contributed by atoms with Gasteiger partial charge in [0.2, 0.25) is 0 Å². The first-order valence-corrected chi connectivity index (χ1v) is 8.79. The summed E-state index contributed by atoms with van der Waals surface area (Å²) < 4.78 is 1.80.